The summed E-state index contributed by atoms with van der Waals surface area (Å²) in [5, 5.41) is 3.33. The molecule has 0 bridgehead atoms. The van der Waals surface area contributed by atoms with E-state index in [0.717, 1.165) is 32.1 Å². The summed E-state index contributed by atoms with van der Waals surface area (Å²) in [4.78, 5) is 34.1. The molecule has 4 aromatic rings. The number of halogens is 6. The third kappa shape index (κ3) is 4.10. The first kappa shape index (κ1) is 29.7. The van der Waals surface area contributed by atoms with E-state index in [0.29, 0.717) is 47.5 Å². The lowest BCUT2D eigenvalue weighted by atomic mass is 9.70. The number of hydrogen-bond donors (Lipinski definition) is 1. The maximum absolute atomic E-state index is 16.3. The van der Waals surface area contributed by atoms with Crippen molar-refractivity contribution in [1.82, 2.24) is 14.5 Å². The molecule has 1 N–H and O–H groups in total. The summed E-state index contributed by atoms with van der Waals surface area (Å²) < 4.78 is 65.3. The maximum atomic E-state index is 16.3. The number of fused-ring (bicyclic) bond motifs is 7. The second-order valence-corrected chi connectivity index (χ2v) is 13.3. The molecule has 4 atom stereocenters. The van der Waals surface area contributed by atoms with Crippen LogP contribution in [0.15, 0.2) is 48.5 Å². The topological polar surface area (TPSA) is 76.5 Å². The Labute approximate surface area is 270 Å². The van der Waals surface area contributed by atoms with Crippen LogP contribution in [0.4, 0.5) is 23.2 Å². The minimum absolute atomic E-state index is 0.110. The molecular formula is C33H26Cl2F4N4O3. The molecule has 0 radical (unpaired) electrons. The lowest BCUT2D eigenvalue weighted by molar-refractivity contribution is -0.138. The molecule has 1 spiro atoms. The van der Waals surface area contributed by atoms with Gasteiger partial charge in [-0.05, 0) is 61.1 Å². The molecule has 0 unspecified atom stereocenters. The zero-order chi connectivity index (χ0) is 32.3. The van der Waals surface area contributed by atoms with Gasteiger partial charge in [0.15, 0.2) is 0 Å². The van der Waals surface area contributed by atoms with E-state index in [1.165, 1.54) is 6.07 Å². The van der Waals surface area contributed by atoms with Crippen molar-refractivity contribution >= 4 is 51.8 Å². The van der Waals surface area contributed by atoms with E-state index in [9.17, 15) is 22.8 Å². The van der Waals surface area contributed by atoms with Crippen LogP contribution >= 0.6 is 23.2 Å². The number of aromatic nitrogens is 2. The summed E-state index contributed by atoms with van der Waals surface area (Å²) in [7, 11) is 1.02. The normalized spacial score (nSPS) is 25.5. The number of aryl methyl sites for hydroxylation is 1. The monoisotopic (exact) mass is 672 g/mol. The average Bonchev–Trinajstić information content (AvgIpc) is 3.61. The summed E-state index contributed by atoms with van der Waals surface area (Å²) in [5.41, 5.74) is -1.41. The number of alkyl halides is 3. The fourth-order valence-electron chi connectivity index (χ4n) is 8.15. The van der Waals surface area contributed by atoms with Gasteiger partial charge in [0.1, 0.15) is 17.2 Å². The first-order valence-corrected chi connectivity index (χ1v) is 15.7. The molecule has 1 aliphatic carbocycles. The molecule has 46 heavy (non-hydrogen) atoms. The molecule has 7 nitrogen and oxygen atoms in total. The third-order valence-corrected chi connectivity index (χ3v) is 10.6. The number of nitrogens with one attached hydrogen (secondary N) is 1. The minimum Gasteiger partial charge on any atom is -0.465 e. The first-order chi connectivity index (χ1) is 21.9. The zero-order valence-electron chi connectivity index (χ0n) is 24.3. The van der Waals surface area contributed by atoms with Crippen LogP contribution in [0.3, 0.4) is 0 Å². The molecular weight excluding hydrogens is 647 g/mol. The highest BCUT2D eigenvalue weighted by molar-refractivity contribution is 6.31. The lowest BCUT2D eigenvalue weighted by Crippen LogP contribution is -2.53. The molecule has 2 fully saturated rings. The van der Waals surface area contributed by atoms with Crippen LogP contribution in [0.25, 0.3) is 11.0 Å². The van der Waals surface area contributed by atoms with Crippen molar-refractivity contribution in [1.29, 1.82) is 0 Å². The Hall–Kier alpha value is -3.67. The molecule has 1 aromatic heterocycles. The van der Waals surface area contributed by atoms with Gasteiger partial charge < -0.3 is 14.6 Å². The van der Waals surface area contributed by atoms with Crippen molar-refractivity contribution in [2.24, 2.45) is 5.92 Å². The van der Waals surface area contributed by atoms with Crippen molar-refractivity contribution in [3.8, 4) is 0 Å². The van der Waals surface area contributed by atoms with E-state index in [4.69, 9.17) is 28.2 Å². The fraction of sp³-hybridized carbons (Fsp3) is 0.364. The van der Waals surface area contributed by atoms with Crippen molar-refractivity contribution in [3.63, 3.8) is 0 Å². The number of benzene rings is 3. The van der Waals surface area contributed by atoms with E-state index in [1.807, 2.05) is 0 Å². The predicted octanol–water partition coefficient (Wildman–Crippen LogP) is 7.50. The number of ether oxygens (including phenoxy) is 1. The largest absolute Gasteiger partial charge is 0.465 e. The Balaban J connectivity index is 1.42. The Bertz CT molecular complexity index is 1980. The predicted molar refractivity (Wildman–Crippen MR) is 163 cm³/mol. The van der Waals surface area contributed by atoms with Crippen LogP contribution in [0, 0.1) is 11.7 Å². The van der Waals surface area contributed by atoms with Gasteiger partial charge in [0.25, 0.3) is 0 Å². The number of methoxy groups -OCH3 is 1. The maximum Gasteiger partial charge on any atom is 0.417 e. The van der Waals surface area contributed by atoms with Crippen molar-refractivity contribution in [2.75, 3.05) is 19.0 Å². The second-order valence-electron chi connectivity index (χ2n) is 12.5. The van der Waals surface area contributed by atoms with Crippen LogP contribution < -0.4 is 5.32 Å². The number of likely N-dealkylation sites (tertiary alicyclic amines) is 1. The van der Waals surface area contributed by atoms with Gasteiger partial charge in [0.2, 0.25) is 5.91 Å². The molecule has 1 amide bonds. The summed E-state index contributed by atoms with van der Waals surface area (Å²) in [6.45, 7) is 0.874. The smallest absolute Gasteiger partial charge is 0.417 e. The minimum atomic E-state index is -4.84. The molecule has 4 heterocycles. The number of rotatable bonds is 4. The number of carbonyl (C=O) groups is 2. The SMILES string of the molecule is COC(=O)c1cc2nc3n(c2cc1C(F)(F)F)CC[C@H]1[C@@H]3[C@H](c2cccc(Cl)c2F)[C@]2(C(=O)Nc3cc(Cl)ccc32)N1CC1CC1. The molecule has 1 saturated heterocycles. The third-order valence-electron chi connectivity index (χ3n) is 10.1. The Morgan fingerprint density at radius 2 is 1.91 bits per heavy atom. The van der Waals surface area contributed by atoms with E-state index in [-0.39, 0.29) is 33.6 Å². The van der Waals surface area contributed by atoms with E-state index in [2.05, 4.69) is 15.0 Å². The lowest BCUT2D eigenvalue weighted by Gasteiger charge is -2.40. The summed E-state index contributed by atoms with van der Waals surface area (Å²) in [6.07, 6.45) is -2.39. The number of esters is 1. The van der Waals surface area contributed by atoms with Gasteiger partial charge in [-0.25, -0.2) is 14.2 Å². The highest BCUT2D eigenvalue weighted by atomic mass is 35.5. The molecule has 3 aromatic carbocycles. The van der Waals surface area contributed by atoms with Crippen molar-refractivity contribution in [2.45, 2.75) is 55.4 Å². The quantitative estimate of drug-likeness (QED) is 0.180. The van der Waals surface area contributed by atoms with Crippen molar-refractivity contribution in [3.05, 3.63) is 92.5 Å². The fourth-order valence-corrected chi connectivity index (χ4v) is 8.50. The van der Waals surface area contributed by atoms with Crippen LogP contribution in [0.2, 0.25) is 10.0 Å². The van der Waals surface area contributed by atoms with Gasteiger partial charge in [0.05, 0.1) is 34.3 Å². The Morgan fingerprint density at radius 3 is 2.63 bits per heavy atom. The number of hydrogen-bond acceptors (Lipinski definition) is 5. The van der Waals surface area contributed by atoms with Gasteiger partial charge in [-0.1, -0.05) is 41.4 Å². The van der Waals surface area contributed by atoms with Gasteiger partial charge >= 0.3 is 12.1 Å². The Morgan fingerprint density at radius 1 is 1.13 bits per heavy atom. The van der Waals surface area contributed by atoms with Gasteiger partial charge in [-0.15, -0.1) is 0 Å². The van der Waals surface area contributed by atoms with E-state index in [1.54, 1.807) is 34.9 Å². The zero-order valence-corrected chi connectivity index (χ0v) is 25.8. The number of anilines is 1. The number of imidazole rings is 1. The molecule has 238 valence electrons. The average molecular weight is 673 g/mol. The summed E-state index contributed by atoms with van der Waals surface area (Å²) in [6, 6.07) is 11.6. The van der Waals surface area contributed by atoms with Gasteiger partial charge in [0, 0.05) is 47.2 Å². The highest BCUT2D eigenvalue weighted by Gasteiger charge is 2.69. The molecule has 3 aliphatic heterocycles. The van der Waals surface area contributed by atoms with Crippen LogP contribution in [-0.2, 0) is 27.8 Å². The number of carbonyl (C=O) groups excluding carboxylic acids is 2. The van der Waals surface area contributed by atoms with Gasteiger partial charge in [-0.2, -0.15) is 13.2 Å². The Kier molecular flexibility index (Phi) is 6.56. The second kappa shape index (κ2) is 10.2. The van der Waals surface area contributed by atoms with Crippen LogP contribution in [0.1, 0.15) is 64.0 Å². The molecule has 4 aliphatic rings. The molecule has 8 rings (SSSR count). The number of amides is 1. The van der Waals surface area contributed by atoms with Gasteiger partial charge in [-0.3, -0.25) is 9.69 Å². The van der Waals surface area contributed by atoms with E-state index < -0.39 is 46.5 Å². The summed E-state index contributed by atoms with van der Waals surface area (Å²) in [5.74, 6) is -2.88. The number of nitrogens with zero attached hydrogens (tertiary/aromatic N) is 3. The molecule has 1 saturated carbocycles. The first-order valence-electron chi connectivity index (χ1n) is 15.0. The van der Waals surface area contributed by atoms with Crippen LogP contribution in [-0.4, -0.2) is 46.0 Å². The summed E-state index contributed by atoms with van der Waals surface area (Å²) >= 11 is 12.7. The standard InChI is InChI=1S/C33H26Cl2F4N4O3/c1-46-30(44)18-12-23-25(13-20(18)33(37,38)39)42-10-9-24-26(29(42)40-23)27(17-3-2-4-21(35)28(17)36)32(43(24)14-15-5-6-15)19-8-7-16(34)11-22(19)41-31(32)45/h2-4,7-8,11-13,15,24,26-27H,5-6,9-10,14H2,1H3,(H,41,45)/t24-,26+,27-,32+/m0/s1. The highest BCUT2D eigenvalue weighted by Crippen LogP contribution is 2.64. The van der Waals surface area contributed by atoms with Crippen molar-refractivity contribution < 1.29 is 31.9 Å². The van der Waals surface area contributed by atoms with E-state index >= 15 is 4.39 Å². The molecule has 13 heteroatoms. The van der Waals surface area contributed by atoms with Crippen LogP contribution in [0.5, 0.6) is 0 Å².